The van der Waals surface area contributed by atoms with E-state index in [9.17, 15) is 2.74 Å². The van der Waals surface area contributed by atoms with Crippen LogP contribution in [0.3, 0.4) is 0 Å². The van der Waals surface area contributed by atoms with Gasteiger partial charge >= 0.3 is 0 Å². The Bertz CT molecular complexity index is 2710. The molecule has 249 valence electrons. The minimum absolute atomic E-state index is 0. The zero-order valence-electron chi connectivity index (χ0n) is 36.2. The molecule has 5 heteroatoms. The molecule has 4 nitrogen and oxygen atoms in total. The van der Waals surface area contributed by atoms with Crippen LogP contribution in [0, 0.1) is 31.3 Å². The Balaban J connectivity index is 0.000000223. The maximum absolute atomic E-state index is 9.18. The number of aryl methyl sites for hydroxylation is 2. The summed E-state index contributed by atoms with van der Waals surface area (Å²) in [6, 6.07) is 29.9. The Kier molecular flexibility index (Phi) is 6.83. The van der Waals surface area contributed by atoms with Crippen LogP contribution in [-0.4, -0.2) is 15.0 Å². The smallest absolute Gasteiger partial charge is 0.227 e. The molecule has 0 atom stereocenters. The fraction of sp³-hybridized carbons (Fsp3) is 0.250. The first-order valence-corrected chi connectivity index (χ1v) is 15.9. The molecule has 0 spiro atoms. The van der Waals surface area contributed by atoms with Crippen molar-refractivity contribution in [2.75, 3.05) is 0 Å². The molecule has 8 aromatic rings. The van der Waals surface area contributed by atoms with Gasteiger partial charge in [-0.2, -0.15) is 0 Å². The maximum Gasteiger partial charge on any atom is 0.227 e. The van der Waals surface area contributed by atoms with Crippen LogP contribution < -0.4 is 0 Å². The summed E-state index contributed by atoms with van der Waals surface area (Å²) in [5, 5.41) is 6.48. The van der Waals surface area contributed by atoms with Gasteiger partial charge in [-0.1, -0.05) is 78.0 Å². The number of fused-ring (bicyclic) bond motifs is 10. The van der Waals surface area contributed by atoms with Crippen molar-refractivity contribution in [2.24, 2.45) is 5.41 Å². The van der Waals surface area contributed by atoms with Gasteiger partial charge in [0.1, 0.15) is 5.58 Å². The summed E-state index contributed by atoms with van der Waals surface area (Å²) in [6.07, 6.45) is 1.40. The molecule has 0 aliphatic rings. The summed E-state index contributed by atoms with van der Waals surface area (Å²) in [5.74, 6) is 0. The monoisotopic (exact) mass is 828 g/mol. The van der Waals surface area contributed by atoms with Gasteiger partial charge in [0.15, 0.2) is 0 Å². The van der Waals surface area contributed by atoms with Gasteiger partial charge in [-0.25, -0.2) is 4.98 Å². The topological polar surface area (TPSA) is 51.8 Å². The predicted molar refractivity (Wildman–Crippen MR) is 201 cm³/mol. The van der Waals surface area contributed by atoms with Gasteiger partial charge in [0.2, 0.25) is 5.71 Å². The van der Waals surface area contributed by atoms with Crippen molar-refractivity contribution < 1.29 is 35.5 Å². The molecule has 1 radical (unpaired) electrons. The third-order valence-corrected chi connectivity index (χ3v) is 8.22. The average molecular weight is 828 g/mol. The molecule has 0 saturated carbocycles. The number of hydrogen-bond donors (Lipinski definition) is 0. The minimum Gasteiger partial charge on any atom is -0.437 e. The number of pyridine rings is 3. The van der Waals surface area contributed by atoms with E-state index < -0.39 is 25.5 Å². The summed E-state index contributed by atoms with van der Waals surface area (Å²) in [4.78, 5) is 13.7. The van der Waals surface area contributed by atoms with E-state index in [2.05, 4.69) is 68.2 Å². The third-order valence-electron chi connectivity index (χ3n) is 8.22. The van der Waals surface area contributed by atoms with Crippen molar-refractivity contribution in [2.45, 2.75) is 67.0 Å². The molecule has 0 fully saturated rings. The predicted octanol–water partition coefficient (Wildman–Crippen LogP) is 11.7. The number of benzene rings is 4. The van der Waals surface area contributed by atoms with E-state index in [1.54, 1.807) is 18.3 Å². The van der Waals surface area contributed by atoms with Crippen molar-refractivity contribution in [3.63, 3.8) is 0 Å². The first-order valence-electron chi connectivity index (χ1n) is 19.9. The van der Waals surface area contributed by atoms with Gasteiger partial charge in [-0.05, 0) is 69.9 Å². The van der Waals surface area contributed by atoms with Gasteiger partial charge in [0.25, 0.3) is 0 Å². The van der Waals surface area contributed by atoms with Crippen LogP contribution in [0.5, 0.6) is 0 Å². The average Bonchev–Trinajstić information content (AvgIpc) is 3.52. The summed E-state index contributed by atoms with van der Waals surface area (Å²) in [5.41, 5.74) is 4.45. The largest absolute Gasteiger partial charge is 0.437 e. The normalized spacial score (nSPS) is 15.2. The van der Waals surface area contributed by atoms with Crippen molar-refractivity contribution in [1.82, 2.24) is 15.0 Å². The second-order valence-electron chi connectivity index (χ2n) is 14.1. The van der Waals surface area contributed by atoms with E-state index in [0.717, 1.165) is 54.5 Å². The van der Waals surface area contributed by atoms with Gasteiger partial charge in [-0.15, -0.1) is 65.0 Å². The molecule has 0 bridgehead atoms. The second kappa shape index (κ2) is 13.1. The van der Waals surface area contributed by atoms with Gasteiger partial charge in [-0.3, -0.25) is 0 Å². The summed E-state index contributed by atoms with van der Waals surface area (Å²) in [7, 11) is 0. The molecule has 49 heavy (non-hydrogen) atoms. The van der Waals surface area contributed by atoms with E-state index in [1.807, 2.05) is 39.0 Å². The first-order chi connectivity index (χ1) is 26.1. The van der Waals surface area contributed by atoms with E-state index in [0.29, 0.717) is 22.5 Å². The quantitative estimate of drug-likeness (QED) is 0.129. The molecule has 8 rings (SSSR count). The number of rotatable bonds is 2. The number of furan rings is 1. The zero-order chi connectivity index (χ0) is 40.6. The van der Waals surface area contributed by atoms with Gasteiger partial charge < -0.3 is 14.4 Å². The molecule has 0 N–H and O–H groups in total. The van der Waals surface area contributed by atoms with Gasteiger partial charge in [0.05, 0.1) is 0 Å². The van der Waals surface area contributed by atoms with Gasteiger partial charge in [0, 0.05) is 70.7 Å². The Hall–Kier alpha value is -4.44. The molecule has 0 saturated heterocycles. The Morgan fingerprint density at radius 1 is 0.776 bits per heavy atom. The second-order valence-corrected chi connectivity index (χ2v) is 14.1. The molecule has 0 aliphatic carbocycles. The molecule has 0 amide bonds. The first kappa shape index (κ1) is 25.5. The molecule has 4 aromatic heterocycles. The van der Waals surface area contributed by atoms with Crippen LogP contribution >= 0.6 is 0 Å². The van der Waals surface area contributed by atoms with E-state index in [1.165, 1.54) is 24.4 Å². The van der Waals surface area contributed by atoms with E-state index in [-0.39, 0.29) is 36.6 Å². The fourth-order valence-corrected chi connectivity index (χ4v) is 6.02. The SMILES string of the molecule is [2H]C([2H])([2H])c1c[c-]c(-c2ccc(C([2H])([2H])[2H])cn2)cc1.[2H]C([2H])(c1ccnc2c3[c-]cccc3c3ccc4c5ccc(C(C)(C)C)nc5oc4c3c12)C(C)(C)C.[Ir]. The summed E-state index contributed by atoms with van der Waals surface area (Å²) < 4.78 is 68.5. The fourth-order valence-electron chi connectivity index (χ4n) is 6.02. The maximum atomic E-state index is 9.18. The minimum atomic E-state index is -2.18. The Morgan fingerprint density at radius 3 is 2.24 bits per heavy atom. The third kappa shape index (κ3) is 6.75. The van der Waals surface area contributed by atoms with Crippen LogP contribution in [-0.2, 0) is 31.9 Å². The molecule has 4 aromatic carbocycles. The zero-order valence-corrected chi connectivity index (χ0v) is 30.6. The van der Waals surface area contributed by atoms with Crippen LogP contribution in [0.4, 0.5) is 0 Å². The van der Waals surface area contributed by atoms with Crippen molar-refractivity contribution in [3.8, 4) is 11.3 Å². The van der Waals surface area contributed by atoms with Crippen molar-refractivity contribution >= 4 is 54.5 Å². The Morgan fingerprint density at radius 2 is 1.55 bits per heavy atom. The standard InChI is InChI=1S/C31H29N2O.C13H12N.Ir/c1-30(2,3)17-18-15-16-32-27-21-10-8-7-9-19(21)20-11-12-22-23-13-14-24(31(4,5)6)33-29(23)34-28(22)26(20)25(18)27;1-10-3-6-12(7-4-10)13-8-5-11(2)9-14-13;/h7-9,11-16H,17H2,1-6H3;3-6,8-9H,1-2H3;/q2*-1;/i17D2;1D3,2D3;. The van der Waals surface area contributed by atoms with Crippen molar-refractivity contribution in [3.05, 3.63) is 126 Å². The van der Waals surface area contributed by atoms with Crippen LogP contribution in [0.15, 0.2) is 95.7 Å². The van der Waals surface area contributed by atoms with Crippen LogP contribution in [0.2, 0.25) is 0 Å². The number of hydrogen-bond acceptors (Lipinski definition) is 4. The summed E-state index contributed by atoms with van der Waals surface area (Å²) >= 11 is 0. The van der Waals surface area contributed by atoms with E-state index >= 15 is 0 Å². The molecule has 4 heterocycles. The van der Waals surface area contributed by atoms with E-state index in [4.69, 9.17) is 22.6 Å². The summed E-state index contributed by atoms with van der Waals surface area (Å²) in [6.45, 7) is 7.88. The van der Waals surface area contributed by atoms with Crippen LogP contribution in [0.1, 0.15) is 74.9 Å². The molecular formula is C44H41IrN3O-2. The number of nitrogens with zero attached hydrogens (tertiary/aromatic N) is 3. The molecule has 0 unspecified atom stereocenters. The number of aromatic nitrogens is 3. The van der Waals surface area contributed by atoms with Crippen LogP contribution in [0.25, 0.3) is 65.8 Å². The van der Waals surface area contributed by atoms with Crippen molar-refractivity contribution in [1.29, 1.82) is 0 Å². The molecule has 0 aliphatic heterocycles. The Labute approximate surface area is 313 Å². The molecular weight excluding hydrogens is 779 g/mol.